The van der Waals surface area contributed by atoms with Gasteiger partial charge >= 0.3 is 0 Å². The van der Waals surface area contributed by atoms with Crippen LogP contribution < -0.4 is 0 Å². The average molecular weight is 309 g/mol. The monoisotopic (exact) mass is 309 g/mol. The molecule has 0 aliphatic carbocycles. The van der Waals surface area contributed by atoms with E-state index in [9.17, 15) is 5.11 Å². The first-order valence-corrected chi connectivity index (χ1v) is 8.53. The molecule has 2 aliphatic heterocycles. The number of rotatable bonds is 3. The van der Waals surface area contributed by atoms with Gasteiger partial charge < -0.3 is 5.11 Å². The van der Waals surface area contributed by atoms with Gasteiger partial charge in [0.2, 0.25) is 0 Å². The summed E-state index contributed by atoms with van der Waals surface area (Å²) in [5.41, 5.74) is 1.27. The van der Waals surface area contributed by atoms with Gasteiger partial charge in [-0.2, -0.15) is 0 Å². The van der Waals surface area contributed by atoms with Crippen molar-refractivity contribution in [2.24, 2.45) is 0 Å². The fraction of sp³-hybridized carbons (Fsp3) is 0.474. The molecule has 120 valence electrons. The van der Waals surface area contributed by atoms with E-state index in [0.29, 0.717) is 12.1 Å². The van der Waals surface area contributed by atoms with Crippen molar-refractivity contribution in [3.8, 4) is 0 Å². The van der Waals surface area contributed by atoms with Crippen LogP contribution in [0.5, 0.6) is 0 Å². The number of benzene rings is 1. The Hall–Kier alpha value is -1.78. The number of nitrogens with zero attached hydrogens (tertiary/aromatic N) is 3. The Kier molecular flexibility index (Phi) is 3.87. The van der Waals surface area contributed by atoms with E-state index in [2.05, 4.69) is 45.2 Å². The molecular weight excluding hydrogens is 286 g/mol. The normalized spacial score (nSPS) is 31.0. The molecule has 2 aliphatic rings. The summed E-state index contributed by atoms with van der Waals surface area (Å²) in [6, 6.07) is 11.5. The number of hydrogen-bond acceptors (Lipinski definition) is 4. The summed E-state index contributed by atoms with van der Waals surface area (Å²) in [5.74, 6) is 0. The highest BCUT2D eigenvalue weighted by atomic mass is 16.3. The molecule has 0 saturated carbocycles. The molecule has 3 heterocycles. The zero-order valence-electron chi connectivity index (χ0n) is 13.3. The van der Waals surface area contributed by atoms with Gasteiger partial charge in [-0.3, -0.25) is 14.9 Å². The highest BCUT2D eigenvalue weighted by Crippen LogP contribution is 2.44. The van der Waals surface area contributed by atoms with E-state index < -0.39 is 5.60 Å². The molecule has 0 amide bonds. The number of aromatic nitrogens is 2. The van der Waals surface area contributed by atoms with Gasteiger partial charge in [0, 0.05) is 31.0 Å². The van der Waals surface area contributed by atoms with Gasteiger partial charge in [-0.05, 0) is 31.2 Å². The lowest BCUT2D eigenvalue weighted by atomic mass is 9.74. The van der Waals surface area contributed by atoms with Crippen molar-refractivity contribution >= 4 is 0 Å². The summed E-state index contributed by atoms with van der Waals surface area (Å²) < 4.78 is 0. The van der Waals surface area contributed by atoms with E-state index in [4.69, 9.17) is 0 Å². The Morgan fingerprint density at radius 1 is 1.09 bits per heavy atom. The Labute approximate surface area is 137 Å². The first-order valence-electron chi connectivity index (χ1n) is 8.53. The van der Waals surface area contributed by atoms with Gasteiger partial charge in [0.05, 0.1) is 11.9 Å². The van der Waals surface area contributed by atoms with E-state index in [1.807, 2.05) is 0 Å². The average Bonchev–Trinajstić information content (AvgIpc) is 2.58. The standard InChI is InChI=1S/C19H23N3O/c23-19(18-13-20-9-10-21-18)11-16-7-4-8-17(12-19)22(16)14-15-5-2-1-3-6-15/h1-3,5-6,9-10,13,16-17,23H,4,7-8,11-12,14H2. The van der Waals surface area contributed by atoms with Crippen molar-refractivity contribution in [3.63, 3.8) is 0 Å². The summed E-state index contributed by atoms with van der Waals surface area (Å²) in [6.45, 7) is 0.979. The summed E-state index contributed by atoms with van der Waals surface area (Å²) in [7, 11) is 0. The van der Waals surface area contributed by atoms with Crippen LogP contribution in [-0.4, -0.2) is 32.1 Å². The zero-order chi connectivity index (χ0) is 15.7. The highest BCUT2D eigenvalue weighted by Gasteiger charge is 2.47. The van der Waals surface area contributed by atoms with Crippen molar-refractivity contribution in [2.75, 3.05) is 0 Å². The van der Waals surface area contributed by atoms with Crippen molar-refractivity contribution in [1.29, 1.82) is 0 Å². The molecule has 4 rings (SSSR count). The Balaban J connectivity index is 1.57. The molecule has 4 nitrogen and oxygen atoms in total. The molecule has 1 N–H and O–H groups in total. The topological polar surface area (TPSA) is 49.3 Å². The van der Waals surface area contributed by atoms with Crippen LogP contribution in [0, 0.1) is 0 Å². The molecular formula is C19H23N3O. The van der Waals surface area contributed by atoms with E-state index in [-0.39, 0.29) is 0 Å². The van der Waals surface area contributed by atoms with Gasteiger partial charge in [-0.15, -0.1) is 0 Å². The molecule has 0 radical (unpaired) electrons. The maximum atomic E-state index is 11.2. The van der Waals surface area contributed by atoms with Gasteiger partial charge in [0.1, 0.15) is 5.60 Å². The summed E-state index contributed by atoms with van der Waals surface area (Å²) in [5, 5.41) is 11.2. The van der Waals surface area contributed by atoms with Crippen molar-refractivity contribution < 1.29 is 5.11 Å². The lowest BCUT2D eigenvalue weighted by Gasteiger charge is -2.51. The van der Waals surface area contributed by atoms with Crippen molar-refractivity contribution in [2.45, 2.75) is 56.3 Å². The van der Waals surface area contributed by atoms with Crippen LogP contribution in [0.25, 0.3) is 0 Å². The molecule has 0 spiro atoms. The number of fused-ring (bicyclic) bond motifs is 2. The molecule has 4 heteroatoms. The van der Waals surface area contributed by atoms with Crippen LogP contribution >= 0.6 is 0 Å². The highest BCUT2D eigenvalue weighted by molar-refractivity contribution is 5.17. The fourth-order valence-corrected chi connectivity index (χ4v) is 4.32. The molecule has 23 heavy (non-hydrogen) atoms. The third kappa shape index (κ3) is 2.89. The molecule has 2 unspecified atom stereocenters. The third-order valence-corrected chi connectivity index (χ3v) is 5.41. The second-order valence-electron chi connectivity index (χ2n) is 6.93. The predicted molar refractivity (Wildman–Crippen MR) is 88.6 cm³/mol. The Morgan fingerprint density at radius 2 is 1.83 bits per heavy atom. The maximum Gasteiger partial charge on any atom is 0.111 e. The quantitative estimate of drug-likeness (QED) is 0.947. The van der Waals surface area contributed by atoms with Gasteiger partial charge in [-0.1, -0.05) is 36.8 Å². The maximum absolute atomic E-state index is 11.2. The summed E-state index contributed by atoms with van der Waals surface area (Å²) >= 11 is 0. The number of piperidine rings is 2. The van der Waals surface area contributed by atoms with Crippen molar-refractivity contribution in [3.05, 3.63) is 60.2 Å². The van der Waals surface area contributed by atoms with E-state index >= 15 is 0 Å². The molecule has 2 fully saturated rings. The zero-order valence-corrected chi connectivity index (χ0v) is 13.3. The largest absolute Gasteiger partial charge is 0.383 e. The lowest BCUT2D eigenvalue weighted by molar-refractivity contribution is -0.102. The Morgan fingerprint density at radius 3 is 2.48 bits per heavy atom. The molecule has 2 atom stereocenters. The summed E-state index contributed by atoms with van der Waals surface area (Å²) in [4.78, 5) is 11.1. The van der Waals surface area contributed by atoms with E-state index in [1.165, 1.54) is 12.0 Å². The van der Waals surface area contributed by atoms with Crippen LogP contribution in [0.2, 0.25) is 0 Å². The minimum Gasteiger partial charge on any atom is -0.383 e. The molecule has 2 bridgehead atoms. The minimum atomic E-state index is -0.822. The first-order chi connectivity index (χ1) is 11.2. The van der Waals surface area contributed by atoms with E-state index in [1.54, 1.807) is 18.6 Å². The molecule has 1 aromatic carbocycles. The van der Waals surface area contributed by atoms with Crippen LogP contribution in [0.3, 0.4) is 0 Å². The van der Waals surface area contributed by atoms with Crippen LogP contribution in [0.1, 0.15) is 43.4 Å². The number of hydrogen-bond donors (Lipinski definition) is 1. The first kappa shape index (κ1) is 14.8. The molecule has 2 saturated heterocycles. The SMILES string of the molecule is OC1(c2cnccn2)CC2CCCC(C1)N2Cc1ccccc1. The second kappa shape index (κ2) is 6.02. The van der Waals surface area contributed by atoms with Crippen LogP contribution in [0.4, 0.5) is 0 Å². The van der Waals surface area contributed by atoms with Crippen LogP contribution in [0.15, 0.2) is 48.9 Å². The third-order valence-electron chi connectivity index (χ3n) is 5.41. The minimum absolute atomic E-state index is 0.426. The van der Waals surface area contributed by atoms with E-state index in [0.717, 1.165) is 37.9 Å². The second-order valence-corrected chi connectivity index (χ2v) is 6.93. The smallest absolute Gasteiger partial charge is 0.111 e. The predicted octanol–water partition coefficient (Wildman–Crippen LogP) is 2.88. The summed E-state index contributed by atoms with van der Waals surface area (Å²) in [6.07, 6.45) is 10.2. The fourth-order valence-electron chi connectivity index (χ4n) is 4.32. The van der Waals surface area contributed by atoms with Crippen LogP contribution in [-0.2, 0) is 12.1 Å². The Bertz CT molecular complexity index is 632. The van der Waals surface area contributed by atoms with Gasteiger partial charge in [0.25, 0.3) is 0 Å². The van der Waals surface area contributed by atoms with Gasteiger partial charge in [0.15, 0.2) is 0 Å². The number of aliphatic hydroxyl groups is 1. The van der Waals surface area contributed by atoms with Crippen molar-refractivity contribution in [1.82, 2.24) is 14.9 Å². The lowest BCUT2D eigenvalue weighted by Crippen LogP contribution is -2.56. The van der Waals surface area contributed by atoms with Gasteiger partial charge in [-0.25, -0.2) is 0 Å². The molecule has 2 aromatic rings. The molecule has 1 aromatic heterocycles.